The van der Waals surface area contributed by atoms with Crippen molar-refractivity contribution >= 4 is 0 Å². The summed E-state index contributed by atoms with van der Waals surface area (Å²) in [6.07, 6.45) is 2.51. The summed E-state index contributed by atoms with van der Waals surface area (Å²) >= 11 is 0. The third-order valence-electron chi connectivity index (χ3n) is 4.90. The molecule has 0 radical (unpaired) electrons. The minimum absolute atomic E-state index is 0.284. The highest BCUT2D eigenvalue weighted by molar-refractivity contribution is 4.95. The van der Waals surface area contributed by atoms with Crippen molar-refractivity contribution in [3.63, 3.8) is 0 Å². The lowest BCUT2D eigenvalue weighted by molar-refractivity contribution is 0.0360. The Kier molecular flexibility index (Phi) is 4.68. The van der Waals surface area contributed by atoms with Crippen molar-refractivity contribution in [2.75, 3.05) is 32.8 Å². The molecule has 3 unspecified atom stereocenters. The van der Waals surface area contributed by atoms with Crippen LogP contribution in [0.2, 0.25) is 0 Å². The molecule has 3 heteroatoms. The van der Waals surface area contributed by atoms with Gasteiger partial charge in [-0.25, -0.2) is 0 Å². The second-order valence-electron chi connectivity index (χ2n) is 6.82. The van der Waals surface area contributed by atoms with Crippen molar-refractivity contribution in [2.45, 2.75) is 52.1 Å². The molecule has 0 aromatic heterocycles. The van der Waals surface area contributed by atoms with Gasteiger partial charge in [-0.3, -0.25) is 4.90 Å². The van der Waals surface area contributed by atoms with Crippen molar-refractivity contribution in [2.24, 2.45) is 11.8 Å². The standard InChI is InChI=1S/C15H30N2O/c1-5-12(2)14-9-17(15(3,4)11-16-14)8-13-6-7-18-10-13/h12-14,16H,5-11H2,1-4H3. The molecule has 0 saturated carbocycles. The molecule has 2 saturated heterocycles. The minimum atomic E-state index is 0.284. The summed E-state index contributed by atoms with van der Waals surface area (Å²) in [4.78, 5) is 2.69. The average Bonchev–Trinajstić information content (AvgIpc) is 2.83. The summed E-state index contributed by atoms with van der Waals surface area (Å²) in [5.41, 5.74) is 0.284. The van der Waals surface area contributed by atoms with Gasteiger partial charge in [0.1, 0.15) is 0 Å². The zero-order valence-corrected chi connectivity index (χ0v) is 12.5. The van der Waals surface area contributed by atoms with Crippen LogP contribution in [0.3, 0.4) is 0 Å². The predicted molar refractivity (Wildman–Crippen MR) is 75.8 cm³/mol. The van der Waals surface area contributed by atoms with Gasteiger partial charge in [0.25, 0.3) is 0 Å². The van der Waals surface area contributed by atoms with E-state index in [4.69, 9.17) is 4.74 Å². The Morgan fingerprint density at radius 3 is 2.83 bits per heavy atom. The van der Waals surface area contributed by atoms with Crippen molar-refractivity contribution in [1.29, 1.82) is 0 Å². The summed E-state index contributed by atoms with van der Waals surface area (Å²) in [6, 6.07) is 0.658. The Morgan fingerprint density at radius 2 is 2.22 bits per heavy atom. The van der Waals surface area contributed by atoms with Crippen LogP contribution in [0.5, 0.6) is 0 Å². The van der Waals surface area contributed by atoms with Gasteiger partial charge < -0.3 is 10.1 Å². The van der Waals surface area contributed by atoms with Gasteiger partial charge >= 0.3 is 0 Å². The number of hydrogen-bond donors (Lipinski definition) is 1. The van der Waals surface area contributed by atoms with Crippen LogP contribution in [0.15, 0.2) is 0 Å². The van der Waals surface area contributed by atoms with Crippen LogP contribution in [0.4, 0.5) is 0 Å². The maximum Gasteiger partial charge on any atom is 0.0507 e. The largest absolute Gasteiger partial charge is 0.381 e. The van der Waals surface area contributed by atoms with Crippen LogP contribution in [-0.4, -0.2) is 49.3 Å². The number of ether oxygens (including phenoxy) is 1. The van der Waals surface area contributed by atoms with Crippen molar-refractivity contribution in [1.82, 2.24) is 10.2 Å². The zero-order valence-electron chi connectivity index (χ0n) is 12.5. The number of nitrogens with one attached hydrogen (secondary N) is 1. The Hall–Kier alpha value is -0.120. The van der Waals surface area contributed by atoms with E-state index in [2.05, 4.69) is 37.9 Å². The van der Waals surface area contributed by atoms with Crippen molar-refractivity contribution < 1.29 is 4.74 Å². The van der Waals surface area contributed by atoms with Crippen LogP contribution in [0, 0.1) is 11.8 Å². The van der Waals surface area contributed by atoms with E-state index in [1.165, 1.54) is 25.9 Å². The monoisotopic (exact) mass is 254 g/mol. The van der Waals surface area contributed by atoms with Crippen molar-refractivity contribution in [3.05, 3.63) is 0 Å². The van der Waals surface area contributed by atoms with Gasteiger partial charge in [0.2, 0.25) is 0 Å². The molecule has 106 valence electrons. The van der Waals surface area contributed by atoms with E-state index >= 15 is 0 Å². The topological polar surface area (TPSA) is 24.5 Å². The highest BCUT2D eigenvalue weighted by atomic mass is 16.5. The molecule has 2 rings (SSSR count). The van der Waals surface area contributed by atoms with Crippen LogP contribution in [0.25, 0.3) is 0 Å². The van der Waals surface area contributed by atoms with E-state index < -0.39 is 0 Å². The van der Waals surface area contributed by atoms with Crippen LogP contribution < -0.4 is 5.32 Å². The first-order valence-electron chi connectivity index (χ1n) is 7.59. The average molecular weight is 254 g/mol. The molecule has 0 aliphatic carbocycles. The predicted octanol–water partition coefficient (Wildman–Crippen LogP) is 2.12. The first-order valence-corrected chi connectivity index (χ1v) is 7.59. The van der Waals surface area contributed by atoms with E-state index in [0.717, 1.165) is 31.6 Å². The maximum atomic E-state index is 5.52. The molecule has 0 bridgehead atoms. The molecular weight excluding hydrogens is 224 g/mol. The molecule has 2 fully saturated rings. The van der Waals surface area contributed by atoms with Crippen LogP contribution in [-0.2, 0) is 4.74 Å². The Morgan fingerprint density at radius 1 is 1.44 bits per heavy atom. The van der Waals surface area contributed by atoms with E-state index in [1.807, 2.05) is 0 Å². The molecule has 2 aliphatic rings. The second kappa shape index (κ2) is 5.89. The van der Waals surface area contributed by atoms with E-state index in [9.17, 15) is 0 Å². The lowest BCUT2D eigenvalue weighted by Gasteiger charge is -2.48. The maximum absolute atomic E-state index is 5.52. The van der Waals surface area contributed by atoms with Gasteiger partial charge in [-0.15, -0.1) is 0 Å². The lowest BCUT2D eigenvalue weighted by atomic mass is 9.90. The number of nitrogens with zero attached hydrogens (tertiary/aromatic N) is 1. The summed E-state index contributed by atoms with van der Waals surface area (Å²) in [7, 11) is 0. The molecule has 2 aliphatic heterocycles. The third-order valence-corrected chi connectivity index (χ3v) is 4.90. The fraction of sp³-hybridized carbons (Fsp3) is 1.00. The van der Waals surface area contributed by atoms with E-state index in [1.54, 1.807) is 0 Å². The summed E-state index contributed by atoms with van der Waals surface area (Å²) in [5.74, 6) is 1.52. The number of hydrogen-bond acceptors (Lipinski definition) is 3. The first-order chi connectivity index (χ1) is 8.53. The lowest BCUT2D eigenvalue weighted by Crippen LogP contribution is -2.64. The first kappa shape index (κ1) is 14.3. The van der Waals surface area contributed by atoms with Gasteiger partial charge in [-0.2, -0.15) is 0 Å². The fourth-order valence-electron chi connectivity index (χ4n) is 3.07. The van der Waals surface area contributed by atoms with Gasteiger partial charge in [0.15, 0.2) is 0 Å². The van der Waals surface area contributed by atoms with Crippen LogP contribution >= 0.6 is 0 Å². The molecule has 0 aromatic rings. The minimum Gasteiger partial charge on any atom is -0.381 e. The number of piperazine rings is 1. The summed E-state index contributed by atoms with van der Waals surface area (Å²) in [6.45, 7) is 14.8. The molecule has 1 N–H and O–H groups in total. The number of rotatable bonds is 4. The highest BCUT2D eigenvalue weighted by Gasteiger charge is 2.36. The molecule has 0 amide bonds. The Bertz CT molecular complexity index is 261. The van der Waals surface area contributed by atoms with Gasteiger partial charge in [0.05, 0.1) is 6.61 Å². The molecule has 0 spiro atoms. The highest BCUT2D eigenvalue weighted by Crippen LogP contribution is 2.25. The SMILES string of the molecule is CCC(C)C1CN(CC2CCOC2)C(C)(C)CN1. The molecule has 18 heavy (non-hydrogen) atoms. The summed E-state index contributed by atoms with van der Waals surface area (Å²) < 4.78 is 5.52. The third kappa shape index (κ3) is 3.25. The summed E-state index contributed by atoms with van der Waals surface area (Å²) in [5, 5.41) is 3.74. The van der Waals surface area contributed by atoms with Gasteiger partial charge in [-0.05, 0) is 32.1 Å². The zero-order chi connectivity index (χ0) is 13.2. The fourth-order valence-corrected chi connectivity index (χ4v) is 3.07. The normalized spacial score (nSPS) is 34.7. The molecule has 2 heterocycles. The Labute approximate surface area is 112 Å². The smallest absolute Gasteiger partial charge is 0.0507 e. The van der Waals surface area contributed by atoms with Crippen molar-refractivity contribution in [3.8, 4) is 0 Å². The Balaban J connectivity index is 1.94. The molecule has 0 aromatic carbocycles. The molecule has 3 atom stereocenters. The van der Waals surface area contributed by atoms with Gasteiger partial charge in [-0.1, -0.05) is 20.3 Å². The second-order valence-corrected chi connectivity index (χ2v) is 6.82. The quantitative estimate of drug-likeness (QED) is 0.832. The van der Waals surface area contributed by atoms with Crippen LogP contribution in [0.1, 0.15) is 40.5 Å². The molecule has 3 nitrogen and oxygen atoms in total. The van der Waals surface area contributed by atoms with E-state index in [0.29, 0.717) is 6.04 Å². The molecular formula is C15H30N2O. The van der Waals surface area contributed by atoms with Gasteiger partial charge in [0, 0.05) is 37.8 Å². The van der Waals surface area contributed by atoms with E-state index in [-0.39, 0.29) is 5.54 Å².